The van der Waals surface area contributed by atoms with Crippen molar-refractivity contribution in [1.82, 2.24) is 20.9 Å². The number of carbonyl (C=O) groups excluding carboxylic acids is 2. The largest absolute Gasteiger partial charge is 0.385 e. The quantitative estimate of drug-likeness (QED) is 0.255. The van der Waals surface area contributed by atoms with E-state index in [4.69, 9.17) is 11.6 Å². The molecular weight excluding hydrogens is 500 g/mol. The van der Waals surface area contributed by atoms with Gasteiger partial charge in [0.2, 0.25) is 5.91 Å². The average Bonchev–Trinajstić information content (AvgIpc) is 2.92. The van der Waals surface area contributed by atoms with Crippen molar-refractivity contribution in [2.24, 2.45) is 11.8 Å². The number of likely N-dealkylation sites (tertiary alicyclic amines) is 1. The van der Waals surface area contributed by atoms with Crippen LogP contribution in [-0.4, -0.2) is 61.2 Å². The van der Waals surface area contributed by atoms with Gasteiger partial charge in [-0.2, -0.15) is 0 Å². The zero-order valence-electron chi connectivity index (χ0n) is 23.4. The first kappa shape index (κ1) is 30.7. The number of likely N-dealkylation sites (N-methyl/N-ethyl adjacent to an activating group) is 1. The molecule has 0 spiro atoms. The van der Waals surface area contributed by atoms with Gasteiger partial charge in [-0.3, -0.25) is 4.79 Å². The predicted molar refractivity (Wildman–Crippen MR) is 154 cm³/mol. The summed E-state index contributed by atoms with van der Waals surface area (Å²) in [5.41, 5.74) is -0.353. The molecule has 1 aliphatic carbocycles. The molecule has 1 aliphatic heterocycles. The van der Waals surface area contributed by atoms with Crippen LogP contribution >= 0.6 is 11.6 Å². The summed E-state index contributed by atoms with van der Waals surface area (Å²) in [4.78, 5) is 27.2. The van der Waals surface area contributed by atoms with Crippen LogP contribution in [0.4, 0.5) is 4.79 Å². The summed E-state index contributed by atoms with van der Waals surface area (Å²) in [5, 5.41) is 22.2. The van der Waals surface area contributed by atoms with Crippen LogP contribution in [-0.2, 0) is 10.4 Å². The maximum atomic E-state index is 13.4. The topological polar surface area (TPSA) is 93.7 Å². The Morgan fingerprint density at radius 2 is 1.97 bits per heavy atom. The van der Waals surface area contributed by atoms with E-state index in [9.17, 15) is 14.7 Å². The van der Waals surface area contributed by atoms with Crippen LogP contribution in [0.15, 0.2) is 24.3 Å². The van der Waals surface area contributed by atoms with Gasteiger partial charge in [0.15, 0.2) is 0 Å². The fraction of sp³-hybridized carbons (Fsp3) is 0.733. The molecule has 38 heavy (non-hydrogen) atoms. The molecule has 3 amide bonds. The first-order valence-corrected chi connectivity index (χ1v) is 15.2. The van der Waals surface area contributed by atoms with E-state index < -0.39 is 5.60 Å². The molecule has 1 heterocycles. The molecule has 0 radical (unpaired) electrons. The van der Waals surface area contributed by atoms with E-state index in [0.717, 1.165) is 37.8 Å². The van der Waals surface area contributed by atoms with Gasteiger partial charge < -0.3 is 26.0 Å². The second-order valence-electron chi connectivity index (χ2n) is 11.4. The van der Waals surface area contributed by atoms with Crippen LogP contribution in [0, 0.1) is 11.8 Å². The first-order valence-electron chi connectivity index (χ1n) is 14.8. The molecule has 8 heteroatoms. The number of aliphatic hydroxyl groups is 1. The molecule has 1 saturated carbocycles. The number of hydrogen-bond donors (Lipinski definition) is 4. The molecule has 2 aliphatic rings. The van der Waals surface area contributed by atoms with Gasteiger partial charge in [-0.25, -0.2) is 4.79 Å². The fourth-order valence-electron chi connectivity index (χ4n) is 6.33. The summed E-state index contributed by atoms with van der Waals surface area (Å²) in [6, 6.07) is 7.51. The van der Waals surface area contributed by atoms with E-state index in [1.54, 1.807) is 0 Å². The fourth-order valence-corrected chi connectivity index (χ4v) is 6.52. The zero-order valence-corrected chi connectivity index (χ0v) is 24.2. The maximum Gasteiger partial charge on any atom is 0.317 e. The Morgan fingerprint density at radius 3 is 2.68 bits per heavy atom. The predicted octanol–water partition coefficient (Wildman–Crippen LogP) is 5.20. The molecule has 4 N–H and O–H groups in total. The van der Waals surface area contributed by atoms with Gasteiger partial charge in [0, 0.05) is 49.6 Å². The van der Waals surface area contributed by atoms with Crippen molar-refractivity contribution >= 4 is 23.5 Å². The molecular formula is C30H49ClN4O3. The van der Waals surface area contributed by atoms with Crippen molar-refractivity contribution in [2.75, 3.05) is 33.2 Å². The number of piperidine rings is 1. The third-order valence-electron chi connectivity index (χ3n) is 8.36. The van der Waals surface area contributed by atoms with E-state index in [0.29, 0.717) is 49.8 Å². The molecule has 1 aromatic rings. The maximum absolute atomic E-state index is 13.4. The second-order valence-corrected chi connectivity index (χ2v) is 11.8. The summed E-state index contributed by atoms with van der Waals surface area (Å²) < 4.78 is 0. The number of halogens is 1. The number of amides is 3. The van der Waals surface area contributed by atoms with Crippen LogP contribution in [0.5, 0.6) is 0 Å². The number of rotatable bonds is 13. The number of carbonyl (C=O) groups is 2. The van der Waals surface area contributed by atoms with Gasteiger partial charge in [-0.1, -0.05) is 62.8 Å². The zero-order chi connectivity index (χ0) is 27.4. The number of benzene rings is 1. The van der Waals surface area contributed by atoms with Crippen molar-refractivity contribution in [3.63, 3.8) is 0 Å². The molecule has 1 aromatic carbocycles. The summed E-state index contributed by atoms with van der Waals surface area (Å²) in [5.74, 6) is 0.610. The molecule has 7 nitrogen and oxygen atoms in total. The monoisotopic (exact) mass is 548 g/mol. The van der Waals surface area contributed by atoms with Crippen molar-refractivity contribution in [3.05, 3.63) is 34.9 Å². The molecule has 2 fully saturated rings. The molecule has 3 rings (SSSR count). The Balaban J connectivity index is 1.67. The molecule has 0 aromatic heterocycles. The van der Waals surface area contributed by atoms with Gasteiger partial charge in [-0.05, 0) is 69.2 Å². The summed E-state index contributed by atoms with van der Waals surface area (Å²) in [6.07, 6.45) is 11.6. The number of nitrogens with zero attached hydrogens (tertiary/aromatic N) is 1. The van der Waals surface area contributed by atoms with Crippen molar-refractivity contribution < 1.29 is 14.7 Å². The van der Waals surface area contributed by atoms with Gasteiger partial charge in [0.25, 0.3) is 0 Å². The van der Waals surface area contributed by atoms with Crippen molar-refractivity contribution in [2.45, 2.75) is 95.6 Å². The van der Waals surface area contributed by atoms with E-state index in [-0.39, 0.29) is 23.9 Å². The van der Waals surface area contributed by atoms with Crippen LogP contribution < -0.4 is 16.0 Å². The smallest absolute Gasteiger partial charge is 0.317 e. The minimum Gasteiger partial charge on any atom is -0.385 e. The summed E-state index contributed by atoms with van der Waals surface area (Å²) >= 11 is 6.32. The Morgan fingerprint density at radius 1 is 1.18 bits per heavy atom. The first-order chi connectivity index (χ1) is 18.4. The lowest BCUT2D eigenvalue weighted by Crippen LogP contribution is -2.54. The number of urea groups is 1. The van der Waals surface area contributed by atoms with E-state index >= 15 is 0 Å². The van der Waals surface area contributed by atoms with Gasteiger partial charge >= 0.3 is 6.03 Å². The van der Waals surface area contributed by atoms with Crippen LogP contribution in [0.25, 0.3) is 0 Å². The standard InChI is InChI=1S/C30H49ClN4O3/c1-3-10-28(36)33-17-9-16-30(38,24-13-7-15-26(31)20-24)25-14-8-18-35(22-25)29(37)34-27(21-32-2)19-23-11-5-4-6-12-23/h7,13,15,20,23,25,27,32,38H,3-6,8-12,14,16-19,21-22H2,1-2H3,(H,33,36)(H,34,37)/t25-,27?,30-/m1/s1. The Kier molecular flexibility index (Phi) is 12.7. The second kappa shape index (κ2) is 15.7. The van der Waals surface area contributed by atoms with Gasteiger partial charge in [-0.15, -0.1) is 0 Å². The van der Waals surface area contributed by atoms with E-state index in [2.05, 4.69) is 16.0 Å². The lowest BCUT2D eigenvalue weighted by molar-refractivity contribution is -0.121. The van der Waals surface area contributed by atoms with Gasteiger partial charge in [0.1, 0.15) is 0 Å². The minimum atomic E-state index is -1.13. The van der Waals surface area contributed by atoms with Gasteiger partial charge in [0.05, 0.1) is 5.60 Å². The molecule has 1 saturated heterocycles. The average molecular weight is 549 g/mol. The third-order valence-corrected chi connectivity index (χ3v) is 8.60. The molecule has 1 unspecified atom stereocenters. The lowest BCUT2D eigenvalue weighted by Gasteiger charge is -2.43. The molecule has 0 bridgehead atoms. The molecule has 214 valence electrons. The van der Waals surface area contributed by atoms with E-state index in [1.807, 2.05) is 43.1 Å². The lowest BCUT2D eigenvalue weighted by atomic mass is 9.74. The van der Waals surface area contributed by atoms with Crippen LogP contribution in [0.2, 0.25) is 5.02 Å². The highest BCUT2D eigenvalue weighted by Gasteiger charge is 2.41. The van der Waals surface area contributed by atoms with Crippen LogP contribution in [0.1, 0.15) is 89.5 Å². The highest BCUT2D eigenvalue weighted by atomic mass is 35.5. The Labute approximate surface area is 234 Å². The minimum absolute atomic E-state index is 0.0361. The Bertz CT molecular complexity index is 879. The van der Waals surface area contributed by atoms with Crippen LogP contribution in [0.3, 0.4) is 0 Å². The van der Waals surface area contributed by atoms with E-state index in [1.165, 1.54) is 32.1 Å². The Hall–Kier alpha value is -1.83. The number of nitrogens with one attached hydrogen (secondary N) is 3. The highest BCUT2D eigenvalue weighted by molar-refractivity contribution is 6.30. The third kappa shape index (κ3) is 9.13. The molecule has 3 atom stereocenters. The normalized spacial score (nSPS) is 20.9. The van der Waals surface area contributed by atoms with Crippen molar-refractivity contribution in [1.29, 1.82) is 0 Å². The SMILES string of the molecule is CCCC(=O)NCCC[C@@](O)(c1cccc(Cl)c1)[C@@H]1CCCN(C(=O)NC(CNC)CC2CCCCC2)C1. The number of hydrogen-bond acceptors (Lipinski definition) is 4. The summed E-state index contributed by atoms with van der Waals surface area (Å²) in [6.45, 7) is 4.45. The summed E-state index contributed by atoms with van der Waals surface area (Å²) in [7, 11) is 1.94. The van der Waals surface area contributed by atoms with Crippen molar-refractivity contribution in [3.8, 4) is 0 Å². The highest BCUT2D eigenvalue weighted by Crippen LogP contribution is 2.40.